The van der Waals surface area contributed by atoms with Crippen molar-refractivity contribution in [2.45, 2.75) is 75.0 Å². The molecule has 0 atom stereocenters. The zero-order valence-corrected chi connectivity index (χ0v) is 33.9. The SMILES string of the molecule is N#Cc1ccc2c(c1)C1(c3cc(-c4cccc(-c5nc(-c6ccccc6)nc(-c6ccc7c(c6)-c6ccccc6C76CCCCC6)n5)c4)ccc3-2)C2CC3CC(C2)CC1C3. The second-order valence-electron chi connectivity index (χ2n) is 19.0. The van der Waals surface area contributed by atoms with Crippen molar-refractivity contribution in [3.8, 4) is 73.6 Å². The molecule has 4 nitrogen and oxygen atoms in total. The van der Waals surface area contributed by atoms with E-state index in [0.29, 0.717) is 29.3 Å². The fourth-order valence-corrected chi connectivity index (χ4v) is 13.9. The minimum Gasteiger partial charge on any atom is -0.208 e. The molecule has 7 aliphatic rings. The Morgan fingerprint density at radius 1 is 0.433 bits per heavy atom. The molecule has 14 rings (SSSR count). The first-order valence-electron chi connectivity index (χ1n) is 22.5. The van der Waals surface area contributed by atoms with Crippen LogP contribution in [-0.2, 0) is 10.8 Å². The number of nitriles is 1. The maximum Gasteiger partial charge on any atom is 0.164 e. The molecule has 0 N–H and O–H groups in total. The molecule has 0 saturated heterocycles. The van der Waals surface area contributed by atoms with Crippen LogP contribution in [0, 0.1) is 35.0 Å². The lowest BCUT2D eigenvalue weighted by molar-refractivity contribution is -0.0399. The van der Waals surface area contributed by atoms with Gasteiger partial charge in [-0.15, -0.1) is 0 Å². The Balaban J connectivity index is 0.931. The smallest absolute Gasteiger partial charge is 0.164 e. The summed E-state index contributed by atoms with van der Waals surface area (Å²) in [4.78, 5) is 15.7. The van der Waals surface area contributed by atoms with E-state index >= 15 is 0 Å². The predicted octanol–water partition coefficient (Wildman–Crippen LogP) is 13.4. The van der Waals surface area contributed by atoms with E-state index in [-0.39, 0.29) is 10.8 Å². The zero-order valence-electron chi connectivity index (χ0n) is 33.9. The molecular weight excluding hydrogens is 729 g/mol. The number of rotatable bonds is 4. The third-order valence-electron chi connectivity index (χ3n) is 16.1. The first kappa shape index (κ1) is 34.7. The van der Waals surface area contributed by atoms with Crippen LogP contribution in [-0.4, -0.2) is 15.0 Å². The second kappa shape index (κ2) is 12.9. The van der Waals surface area contributed by atoms with Crippen LogP contribution < -0.4 is 0 Å². The van der Waals surface area contributed by atoms with Gasteiger partial charge in [0.15, 0.2) is 17.5 Å². The molecule has 4 heteroatoms. The van der Waals surface area contributed by atoms with E-state index in [1.165, 1.54) is 114 Å². The van der Waals surface area contributed by atoms with E-state index in [0.717, 1.165) is 39.7 Å². The van der Waals surface area contributed by atoms with E-state index < -0.39 is 0 Å². The molecule has 5 fully saturated rings. The predicted molar refractivity (Wildman–Crippen MR) is 239 cm³/mol. The van der Waals surface area contributed by atoms with Crippen molar-refractivity contribution in [2.75, 3.05) is 0 Å². The van der Waals surface area contributed by atoms with Crippen LogP contribution in [0.5, 0.6) is 0 Å². The fraction of sp³-hybridized carbons (Fsp3) is 0.286. The van der Waals surface area contributed by atoms with Crippen molar-refractivity contribution in [2.24, 2.45) is 23.7 Å². The highest BCUT2D eigenvalue weighted by Crippen LogP contribution is 2.69. The van der Waals surface area contributed by atoms with E-state index in [9.17, 15) is 5.26 Å². The number of hydrogen-bond acceptors (Lipinski definition) is 4. The van der Waals surface area contributed by atoms with Gasteiger partial charge in [-0.05, 0) is 155 Å². The lowest BCUT2D eigenvalue weighted by Gasteiger charge is -2.61. The maximum atomic E-state index is 10.1. The molecule has 4 bridgehead atoms. The van der Waals surface area contributed by atoms with Crippen molar-refractivity contribution in [3.05, 3.63) is 161 Å². The van der Waals surface area contributed by atoms with E-state index in [2.05, 4.69) is 127 Å². The molecule has 1 heterocycles. The molecule has 0 aliphatic heterocycles. The summed E-state index contributed by atoms with van der Waals surface area (Å²) >= 11 is 0. The van der Waals surface area contributed by atoms with Gasteiger partial charge in [0.25, 0.3) is 0 Å². The summed E-state index contributed by atoms with van der Waals surface area (Å²) in [5.41, 5.74) is 17.5. The topological polar surface area (TPSA) is 62.5 Å². The molecule has 0 radical (unpaired) electrons. The maximum absolute atomic E-state index is 10.1. The summed E-state index contributed by atoms with van der Waals surface area (Å²) in [6, 6.07) is 51.5. The summed E-state index contributed by atoms with van der Waals surface area (Å²) in [6.07, 6.45) is 13.0. The van der Waals surface area contributed by atoms with Crippen LogP contribution in [0.25, 0.3) is 67.5 Å². The van der Waals surface area contributed by atoms with Gasteiger partial charge in [-0.3, -0.25) is 0 Å². The first-order valence-corrected chi connectivity index (χ1v) is 22.5. The molecule has 290 valence electrons. The van der Waals surface area contributed by atoms with Crippen molar-refractivity contribution in [1.82, 2.24) is 15.0 Å². The number of fused-ring (bicyclic) bond motifs is 8. The fourth-order valence-electron chi connectivity index (χ4n) is 13.9. The zero-order chi connectivity index (χ0) is 39.6. The summed E-state index contributed by atoms with van der Waals surface area (Å²) in [5, 5.41) is 10.1. The van der Waals surface area contributed by atoms with Gasteiger partial charge in [-0.25, -0.2) is 15.0 Å². The molecule has 60 heavy (non-hydrogen) atoms. The van der Waals surface area contributed by atoms with Crippen molar-refractivity contribution in [1.29, 1.82) is 5.26 Å². The van der Waals surface area contributed by atoms with Crippen molar-refractivity contribution >= 4 is 0 Å². The average Bonchev–Trinajstić information content (AvgIpc) is 3.74. The van der Waals surface area contributed by atoms with Gasteiger partial charge in [0.05, 0.1) is 11.6 Å². The minimum atomic E-state index is -0.0146. The highest BCUT2D eigenvalue weighted by Gasteiger charge is 2.61. The highest BCUT2D eigenvalue weighted by molar-refractivity contribution is 5.87. The first-order chi connectivity index (χ1) is 29.6. The van der Waals surface area contributed by atoms with Crippen LogP contribution in [0.2, 0.25) is 0 Å². The lowest BCUT2D eigenvalue weighted by Crippen LogP contribution is -2.55. The molecular formula is C56H46N4. The molecule has 2 spiro atoms. The van der Waals surface area contributed by atoms with Crippen LogP contribution in [0.15, 0.2) is 133 Å². The van der Waals surface area contributed by atoms with Crippen LogP contribution in [0.1, 0.15) is 92.0 Å². The van der Waals surface area contributed by atoms with Crippen LogP contribution >= 0.6 is 0 Å². The number of aromatic nitrogens is 3. The van der Waals surface area contributed by atoms with Crippen molar-refractivity contribution < 1.29 is 0 Å². The third-order valence-corrected chi connectivity index (χ3v) is 16.1. The Morgan fingerprint density at radius 2 is 1.00 bits per heavy atom. The van der Waals surface area contributed by atoms with Crippen LogP contribution in [0.4, 0.5) is 0 Å². The van der Waals surface area contributed by atoms with Gasteiger partial charge in [-0.2, -0.15) is 5.26 Å². The Bertz CT molecular complexity index is 2920. The van der Waals surface area contributed by atoms with Gasteiger partial charge in [0.1, 0.15) is 0 Å². The quantitative estimate of drug-likeness (QED) is 0.179. The van der Waals surface area contributed by atoms with Gasteiger partial charge in [-0.1, -0.05) is 122 Å². The Kier molecular flexibility index (Phi) is 7.46. The molecule has 5 saturated carbocycles. The van der Waals surface area contributed by atoms with E-state index in [4.69, 9.17) is 15.0 Å². The number of nitrogens with zero attached hydrogens (tertiary/aromatic N) is 4. The molecule has 6 aromatic carbocycles. The van der Waals surface area contributed by atoms with E-state index in [1.807, 2.05) is 12.1 Å². The average molecular weight is 775 g/mol. The van der Waals surface area contributed by atoms with Gasteiger partial charge < -0.3 is 0 Å². The summed E-state index contributed by atoms with van der Waals surface area (Å²) < 4.78 is 0. The molecule has 7 aliphatic carbocycles. The largest absolute Gasteiger partial charge is 0.208 e. The van der Waals surface area contributed by atoms with Crippen LogP contribution in [0.3, 0.4) is 0 Å². The summed E-state index contributed by atoms with van der Waals surface area (Å²) in [5.74, 6) is 5.04. The van der Waals surface area contributed by atoms with Gasteiger partial charge >= 0.3 is 0 Å². The van der Waals surface area contributed by atoms with E-state index in [1.54, 1.807) is 0 Å². The highest BCUT2D eigenvalue weighted by atomic mass is 15.0. The van der Waals surface area contributed by atoms with Gasteiger partial charge in [0, 0.05) is 27.5 Å². The third kappa shape index (κ3) is 4.87. The summed E-state index contributed by atoms with van der Waals surface area (Å²) in [6.45, 7) is 0. The minimum absolute atomic E-state index is 0.0146. The Labute approximate surface area is 352 Å². The molecule has 1 aromatic heterocycles. The number of hydrogen-bond donors (Lipinski definition) is 0. The van der Waals surface area contributed by atoms with Crippen molar-refractivity contribution in [3.63, 3.8) is 0 Å². The Hall–Kier alpha value is -6.18. The standard InChI is InChI=1S/C56H46N4/c57-33-34-16-19-45-46-20-17-39(32-51(46)56(50(45)29-34)42-25-35-24-36(27-42)28-43(56)26-35)38-12-9-13-40(30-38)53-58-52(37-10-3-1-4-11-37)59-54(60-53)41-18-21-49-47(31-41)44-14-5-6-15-48(44)55(49)22-7-2-8-23-55/h1,3-6,9-21,29-32,35-36,42-43H,2,7-8,22-28H2. The summed E-state index contributed by atoms with van der Waals surface area (Å²) in [7, 11) is 0. The monoisotopic (exact) mass is 774 g/mol. The Morgan fingerprint density at radius 3 is 1.75 bits per heavy atom. The number of benzene rings is 6. The molecule has 0 unspecified atom stereocenters. The normalized spacial score (nSPS) is 24.5. The lowest BCUT2D eigenvalue weighted by atomic mass is 9.43. The second-order valence-corrected chi connectivity index (χ2v) is 19.0. The van der Waals surface area contributed by atoms with Gasteiger partial charge in [0.2, 0.25) is 0 Å². The molecule has 7 aromatic rings. The molecule has 0 amide bonds.